The highest BCUT2D eigenvalue weighted by atomic mass is 31.2. The fraction of sp³-hybridized carbons (Fsp3) is 0.333. The van der Waals surface area contributed by atoms with Gasteiger partial charge in [-0.05, 0) is 12.1 Å². The first-order valence-electron chi connectivity index (χ1n) is 4.94. The van der Waals surface area contributed by atoms with Gasteiger partial charge in [0.15, 0.2) is 12.8 Å². The van der Waals surface area contributed by atoms with Crippen molar-refractivity contribution in [2.45, 2.75) is 6.54 Å². The summed E-state index contributed by atoms with van der Waals surface area (Å²) in [5, 5.41) is 20.8. The number of hydroxylamine groups is 3. The van der Waals surface area contributed by atoms with E-state index in [1.807, 2.05) is 0 Å². The highest BCUT2D eigenvalue weighted by Gasteiger charge is 2.31. The second-order valence-electron chi connectivity index (χ2n) is 3.90. The van der Waals surface area contributed by atoms with Gasteiger partial charge < -0.3 is 24.7 Å². The molecule has 0 aliphatic heterocycles. The SMILES string of the molecule is O=C(O)C[N+]([O-])(Cc1ccccn1)CP(=O)(O)O. The number of rotatable bonds is 6. The number of quaternary nitrogens is 1. The molecule has 1 heterocycles. The van der Waals surface area contributed by atoms with E-state index in [1.54, 1.807) is 12.1 Å². The lowest BCUT2D eigenvalue weighted by molar-refractivity contribution is -0.876. The third-order valence-corrected chi connectivity index (χ3v) is 2.93. The maximum Gasteiger partial charge on any atom is 0.379 e. The molecule has 0 amide bonds. The zero-order valence-corrected chi connectivity index (χ0v) is 10.2. The van der Waals surface area contributed by atoms with Crippen LogP contribution >= 0.6 is 7.60 Å². The Labute approximate surface area is 103 Å². The van der Waals surface area contributed by atoms with E-state index in [9.17, 15) is 14.6 Å². The van der Waals surface area contributed by atoms with E-state index in [0.717, 1.165) is 0 Å². The van der Waals surface area contributed by atoms with Gasteiger partial charge in [-0.1, -0.05) is 6.07 Å². The van der Waals surface area contributed by atoms with Crippen LogP contribution in [0.3, 0.4) is 0 Å². The third-order valence-electron chi connectivity index (χ3n) is 2.04. The molecule has 0 aliphatic carbocycles. The topological polar surface area (TPSA) is 131 Å². The number of nitrogens with zero attached hydrogens (tertiary/aromatic N) is 2. The summed E-state index contributed by atoms with van der Waals surface area (Å²) in [6, 6.07) is 4.71. The summed E-state index contributed by atoms with van der Waals surface area (Å²) in [6.07, 6.45) is 0.327. The molecule has 1 aromatic rings. The van der Waals surface area contributed by atoms with E-state index in [1.165, 1.54) is 12.3 Å². The molecule has 0 spiro atoms. The van der Waals surface area contributed by atoms with Crippen molar-refractivity contribution in [2.24, 2.45) is 0 Å². The lowest BCUT2D eigenvalue weighted by Gasteiger charge is -2.40. The van der Waals surface area contributed by atoms with Crippen molar-refractivity contribution in [3.63, 3.8) is 0 Å². The van der Waals surface area contributed by atoms with Crippen LogP contribution in [0.5, 0.6) is 0 Å². The van der Waals surface area contributed by atoms with Crippen LogP contribution < -0.4 is 0 Å². The van der Waals surface area contributed by atoms with Gasteiger partial charge >= 0.3 is 13.6 Å². The van der Waals surface area contributed by atoms with Crippen molar-refractivity contribution in [1.29, 1.82) is 0 Å². The Morgan fingerprint density at radius 3 is 2.56 bits per heavy atom. The van der Waals surface area contributed by atoms with Crippen LogP contribution in [0.15, 0.2) is 24.4 Å². The maximum absolute atomic E-state index is 12.1. The standard InChI is InChI=1S/C9H13N2O6P/c12-9(13)6-11(14,7-18(15,16)17)5-8-3-1-2-4-10-8/h1-4H,5-7H2,(H,12,13)(H2,15,16,17). The molecule has 0 saturated heterocycles. The molecule has 8 nitrogen and oxygen atoms in total. The van der Waals surface area contributed by atoms with Crippen molar-refractivity contribution in [1.82, 2.24) is 4.98 Å². The Morgan fingerprint density at radius 1 is 1.44 bits per heavy atom. The molecule has 0 aliphatic rings. The largest absolute Gasteiger partial charge is 0.632 e. The van der Waals surface area contributed by atoms with Gasteiger partial charge in [0.2, 0.25) is 0 Å². The number of hydrogen-bond donors (Lipinski definition) is 3. The number of aliphatic carboxylic acids is 1. The minimum Gasteiger partial charge on any atom is -0.632 e. The van der Waals surface area contributed by atoms with Gasteiger partial charge in [-0.3, -0.25) is 9.55 Å². The first-order valence-corrected chi connectivity index (χ1v) is 6.73. The van der Waals surface area contributed by atoms with E-state index in [4.69, 9.17) is 14.9 Å². The van der Waals surface area contributed by atoms with Crippen molar-refractivity contribution >= 4 is 13.6 Å². The molecule has 0 saturated carbocycles. The minimum absolute atomic E-state index is 0.280. The van der Waals surface area contributed by atoms with Gasteiger partial charge in [0.05, 0.1) is 5.69 Å². The van der Waals surface area contributed by atoms with E-state index < -0.39 is 37.6 Å². The summed E-state index contributed by atoms with van der Waals surface area (Å²) in [5.74, 6) is -1.42. The molecule has 0 aromatic carbocycles. The van der Waals surface area contributed by atoms with Gasteiger partial charge in [-0.15, -0.1) is 0 Å². The van der Waals surface area contributed by atoms with Crippen LogP contribution in [-0.2, 0) is 15.9 Å². The van der Waals surface area contributed by atoms with Crippen molar-refractivity contribution in [3.8, 4) is 0 Å². The molecular weight excluding hydrogens is 263 g/mol. The Balaban J connectivity index is 2.90. The monoisotopic (exact) mass is 276 g/mol. The average molecular weight is 276 g/mol. The molecular formula is C9H13N2O6P. The Hall–Kier alpha value is -1.31. The molecule has 18 heavy (non-hydrogen) atoms. The second-order valence-corrected chi connectivity index (χ2v) is 5.51. The molecule has 1 rings (SSSR count). The quantitative estimate of drug-likeness (QED) is 0.382. The molecule has 0 radical (unpaired) electrons. The molecule has 1 aromatic heterocycles. The summed E-state index contributed by atoms with van der Waals surface area (Å²) < 4.78 is 9.34. The average Bonchev–Trinajstić information content (AvgIpc) is 2.13. The Bertz CT molecular complexity index is 461. The number of pyridine rings is 1. The number of carboxylic acids is 1. The Kier molecular flexibility index (Phi) is 4.55. The lowest BCUT2D eigenvalue weighted by atomic mass is 10.3. The maximum atomic E-state index is 12.1. The van der Waals surface area contributed by atoms with E-state index in [0.29, 0.717) is 0 Å². The van der Waals surface area contributed by atoms with Gasteiger partial charge in [0, 0.05) is 6.20 Å². The van der Waals surface area contributed by atoms with Crippen LogP contribution in [0.4, 0.5) is 0 Å². The van der Waals surface area contributed by atoms with Crippen molar-refractivity contribution in [3.05, 3.63) is 35.3 Å². The van der Waals surface area contributed by atoms with E-state index in [-0.39, 0.29) is 5.69 Å². The van der Waals surface area contributed by atoms with Crippen LogP contribution in [0, 0.1) is 5.21 Å². The lowest BCUT2D eigenvalue weighted by Crippen LogP contribution is -2.46. The van der Waals surface area contributed by atoms with Crippen LogP contribution in [0.25, 0.3) is 0 Å². The fourth-order valence-electron chi connectivity index (χ4n) is 1.53. The summed E-state index contributed by atoms with van der Waals surface area (Å²) in [5.41, 5.74) is 0.280. The number of carboxylic acid groups (broad SMARTS) is 1. The second kappa shape index (κ2) is 5.55. The molecule has 1 unspecified atom stereocenters. The molecule has 0 bridgehead atoms. The summed E-state index contributed by atoms with van der Waals surface area (Å²) in [6.45, 7) is -1.33. The molecule has 3 N–H and O–H groups in total. The summed E-state index contributed by atoms with van der Waals surface area (Å²) in [4.78, 5) is 32.1. The van der Waals surface area contributed by atoms with Gasteiger partial charge in [0.25, 0.3) is 0 Å². The third kappa shape index (κ3) is 5.35. The normalized spacial score (nSPS) is 15.1. The van der Waals surface area contributed by atoms with Crippen LogP contribution in [-0.4, -0.2) is 43.3 Å². The first-order chi connectivity index (χ1) is 8.20. The smallest absolute Gasteiger partial charge is 0.379 e. The fourth-order valence-corrected chi connectivity index (χ4v) is 2.40. The predicted octanol–water partition coefficient (Wildman–Crippen LogP) is 0.116. The van der Waals surface area contributed by atoms with E-state index in [2.05, 4.69) is 4.98 Å². The van der Waals surface area contributed by atoms with Crippen molar-refractivity contribution < 1.29 is 28.9 Å². The molecule has 100 valence electrons. The highest BCUT2D eigenvalue weighted by Crippen LogP contribution is 2.38. The van der Waals surface area contributed by atoms with Crippen LogP contribution in [0.2, 0.25) is 0 Å². The minimum atomic E-state index is -4.61. The van der Waals surface area contributed by atoms with Gasteiger partial charge in [0.1, 0.15) is 6.54 Å². The van der Waals surface area contributed by atoms with Crippen LogP contribution in [0.1, 0.15) is 5.69 Å². The van der Waals surface area contributed by atoms with Gasteiger partial charge in [-0.25, -0.2) is 4.79 Å². The zero-order chi connectivity index (χ0) is 13.8. The number of hydrogen-bond acceptors (Lipinski definition) is 4. The zero-order valence-electron chi connectivity index (χ0n) is 9.34. The molecule has 0 fully saturated rings. The van der Waals surface area contributed by atoms with E-state index >= 15 is 0 Å². The molecule has 9 heteroatoms. The van der Waals surface area contributed by atoms with Crippen molar-refractivity contribution in [2.75, 3.05) is 12.8 Å². The number of carbonyl (C=O) groups is 1. The first kappa shape index (κ1) is 14.7. The summed E-state index contributed by atoms with van der Waals surface area (Å²) >= 11 is 0. The highest BCUT2D eigenvalue weighted by molar-refractivity contribution is 7.51. The molecule has 1 atom stereocenters. The predicted molar refractivity (Wildman–Crippen MR) is 61.0 cm³/mol. The summed E-state index contributed by atoms with van der Waals surface area (Å²) in [7, 11) is -4.61. The Morgan fingerprint density at radius 2 is 2.11 bits per heavy atom. The van der Waals surface area contributed by atoms with Gasteiger partial charge in [-0.2, -0.15) is 0 Å². The number of aromatic nitrogens is 1.